The molecule has 55 heavy (non-hydrogen) atoms. The second-order valence-corrected chi connectivity index (χ2v) is 16.3. The number of quaternary nitrogens is 1. The number of hydrogen-bond donors (Lipinski definition) is 2. The molecule has 0 rings (SSSR count). The number of aliphatic hydroxyl groups excluding tert-OH is 1. The van der Waals surface area contributed by atoms with E-state index in [1.165, 1.54) is 32.1 Å². The fourth-order valence-corrected chi connectivity index (χ4v) is 5.75. The van der Waals surface area contributed by atoms with Crippen molar-refractivity contribution in [3.05, 3.63) is 72.9 Å². The molecule has 0 aromatic rings. The Morgan fingerprint density at radius 3 is 1.95 bits per heavy atom. The van der Waals surface area contributed by atoms with Crippen molar-refractivity contribution in [1.29, 1.82) is 0 Å². The SMILES string of the molecule is CC/C=C\C(O)C/C=C/C=C\C/C=C\C/C=C\CCCC(=O)O[C@H](COC(=O)CCCCCCC/C=C\CCCCCC)COP(=O)(O)OCC[N+](C)(C)C. The van der Waals surface area contributed by atoms with E-state index in [0.29, 0.717) is 36.7 Å². The number of carbonyl (C=O) groups excluding carboxylic acids is 2. The van der Waals surface area contributed by atoms with Crippen molar-refractivity contribution in [2.24, 2.45) is 0 Å². The summed E-state index contributed by atoms with van der Waals surface area (Å²) in [5.74, 6) is -0.909. The second kappa shape index (κ2) is 35.8. The molecular weight excluding hydrogens is 717 g/mol. The number of unbranched alkanes of at least 4 members (excludes halogenated alkanes) is 10. The van der Waals surface area contributed by atoms with E-state index in [2.05, 4.69) is 31.2 Å². The Kier molecular flexibility index (Phi) is 34.1. The molecule has 2 unspecified atom stereocenters. The smallest absolute Gasteiger partial charge is 0.462 e. The number of carbonyl (C=O) groups is 2. The summed E-state index contributed by atoms with van der Waals surface area (Å²) in [6, 6.07) is 0. The van der Waals surface area contributed by atoms with Gasteiger partial charge in [0, 0.05) is 12.8 Å². The molecule has 0 aliphatic carbocycles. The van der Waals surface area contributed by atoms with Crippen LogP contribution in [0, 0.1) is 0 Å². The maximum atomic E-state index is 12.6. The molecule has 0 fully saturated rings. The van der Waals surface area contributed by atoms with E-state index in [4.69, 9.17) is 18.5 Å². The lowest BCUT2D eigenvalue weighted by Crippen LogP contribution is -2.37. The van der Waals surface area contributed by atoms with E-state index < -0.39 is 38.6 Å². The molecule has 0 saturated heterocycles. The normalized spacial score (nSPS) is 15.0. The van der Waals surface area contributed by atoms with Crippen molar-refractivity contribution >= 4 is 19.8 Å². The molecule has 0 radical (unpaired) electrons. The van der Waals surface area contributed by atoms with E-state index in [9.17, 15) is 24.2 Å². The third kappa shape index (κ3) is 39.4. The van der Waals surface area contributed by atoms with Gasteiger partial charge in [0.2, 0.25) is 0 Å². The molecule has 316 valence electrons. The van der Waals surface area contributed by atoms with E-state index in [0.717, 1.165) is 51.4 Å². The minimum absolute atomic E-state index is 0.00850. The van der Waals surface area contributed by atoms with Gasteiger partial charge in [-0.3, -0.25) is 18.6 Å². The molecule has 3 atom stereocenters. The highest BCUT2D eigenvalue weighted by atomic mass is 31.2. The van der Waals surface area contributed by atoms with E-state index in [1.807, 2.05) is 76.7 Å². The fraction of sp³-hybridized carbons (Fsp3) is 0.682. The molecular formula is C44H77NO9P+. The van der Waals surface area contributed by atoms with Crippen LogP contribution in [0.4, 0.5) is 0 Å². The number of hydrogen-bond acceptors (Lipinski definition) is 8. The van der Waals surface area contributed by atoms with Gasteiger partial charge in [0.05, 0.1) is 33.9 Å². The van der Waals surface area contributed by atoms with Gasteiger partial charge in [-0.05, 0) is 70.6 Å². The van der Waals surface area contributed by atoms with Crippen molar-refractivity contribution < 1.29 is 47.2 Å². The van der Waals surface area contributed by atoms with Crippen molar-refractivity contribution in [3.8, 4) is 0 Å². The highest BCUT2D eigenvalue weighted by Gasteiger charge is 2.27. The zero-order chi connectivity index (χ0) is 40.9. The van der Waals surface area contributed by atoms with E-state index in [1.54, 1.807) is 0 Å². The third-order valence-electron chi connectivity index (χ3n) is 8.30. The number of phosphoric acid groups is 1. The van der Waals surface area contributed by atoms with Crippen LogP contribution in [-0.2, 0) is 32.7 Å². The maximum Gasteiger partial charge on any atom is 0.472 e. The minimum Gasteiger partial charge on any atom is -0.462 e. The molecule has 0 bridgehead atoms. The molecule has 0 aromatic heterocycles. The molecule has 0 heterocycles. The average molecular weight is 795 g/mol. The first-order chi connectivity index (χ1) is 26.4. The molecule has 0 spiro atoms. The number of ether oxygens (including phenoxy) is 2. The Labute approximate surface area is 334 Å². The maximum absolute atomic E-state index is 12.6. The van der Waals surface area contributed by atoms with Gasteiger partial charge in [-0.15, -0.1) is 0 Å². The van der Waals surface area contributed by atoms with Gasteiger partial charge in [0.1, 0.15) is 19.8 Å². The fourth-order valence-electron chi connectivity index (χ4n) is 5.00. The van der Waals surface area contributed by atoms with Gasteiger partial charge < -0.3 is 24.0 Å². The Balaban J connectivity index is 4.56. The predicted molar refractivity (Wildman–Crippen MR) is 225 cm³/mol. The number of rotatable bonds is 36. The van der Waals surface area contributed by atoms with Gasteiger partial charge in [-0.2, -0.15) is 0 Å². The van der Waals surface area contributed by atoms with Crippen molar-refractivity contribution in [2.45, 2.75) is 148 Å². The standard InChI is InChI=1S/C44H76NO9P/c1-6-8-10-11-12-13-14-15-19-22-25-28-31-35-43(47)51-39-42(40-53-55(49,50)52-38-37-45(3,4)5)54-44(48)36-32-29-26-23-20-17-16-18-21-24-27-30-34-41(46)33-9-7-2/h9,13-14,16-17,21,23-24,26-27,30,33,41-42,46H,6-8,10-12,15,18-20,22,25,28-29,31-32,34-40H2,1-5H3/p+1/b14-13-,17-16-,24-21-,26-23-,30-27+,33-9-/t41?,42-/m1/s1. The van der Waals surface area contributed by atoms with Crippen LogP contribution < -0.4 is 0 Å². The number of likely N-dealkylation sites (N-methyl/N-ethyl adjacent to an activating group) is 1. The molecule has 11 heteroatoms. The van der Waals surface area contributed by atoms with Crippen molar-refractivity contribution in [3.63, 3.8) is 0 Å². The highest BCUT2D eigenvalue weighted by Crippen LogP contribution is 2.43. The Hall–Kier alpha value is -2.59. The monoisotopic (exact) mass is 795 g/mol. The molecule has 0 aromatic carbocycles. The summed E-state index contributed by atoms with van der Waals surface area (Å²) in [5.41, 5.74) is 0. The van der Waals surface area contributed by atoms with E-state index in [-0.39, 0.29) is 26.1 Å². The summed E-state index contributed by atoms with van der Waals surface area (Å²) < 4.78 is 34.1. The number of nitrogens with zero attached hydrogens (tertiary/aromatic N) is 1. The molecule has 10 nitrogen and oxygen atoms in total. The second-order valence-electron chi connectivity index (χ2n) is 14.8. The summed E-state index contributed by atoms with van der Waals surface area (Å²) in [4.78, 5) is 35.3. The highest BCUT2D eigenvalue weighted by molar-refractivity contribution is 7.47. The first-order valence-electron chi connectivity index (χ1n) is 20.8. The molecule has 0 saturated carbocycles. The number of esters is 2. The minimum atomic E-state index is -4.40. The van der Waals surface area contributed by atoms with Gasteiger partial charge in [-0.1, -0.05) is 125 Å². The number of aliphatic hydroxyl groups is 1. The lowest BCUT2D eigenvalue weighted by molar-refractivity contribution is -0.870. The van der Waals surface area contributed by atoms with Crippen LogP contribution in [0.5, 0.6) is 0 Å². The van der Waals surface area contributed by atoms with Gasteiger partial charge in [0.15, 0.2) is 6.10 Å². The zero-order valence-corrected chi connectivity index (χ0v) is 35.9. The van der Waals surface area contributed by atoms with Gasteiger partial charge in [-0.25, -0.2) is 4.57 Å². The summed E-state index contributed by atoms with van der Waals surface area (Å²) in [6.45, 7) is 4.05. The summed E-state index contributed by atoms with van der Waals surface area (Å²) in [7, 11) is 1.40. The van der Waals surface area contributed by atoms with Crippen LogP contribution >= 0.6 is 7.82 Å². The van der Waals surface area contributed by atoms with Crippen molar-refractivity contribution in [2.75, 3.05) is 47.5 Å². The Morgan fingerprint density at radius 1 is 0.673 bits per heavy atom. The zero-order valence-electron chi connectivity index (χ0n) is 35.0. The van der Waals surface area contributed by atoms with Crippen LogP contribution in [0.2, 0.25) is 0 Å². The Bertz CT molecular complexity index is 1190. The lowest BCUT2D eigenvalue weighted by atomic mass is 10.1. The molecule has 0 aliphatic heterocycles. The lowest BCUT2D eigenvalue weighted by Gasteiger charge is -2.24. The average Bonchev–Trinajstić information content (AvgIpc) is 3.13. The van der Waals surface area contributed by atoms with Crippen LogP contribution in [0.3, 0.4) is 0 Å². The summed E-state index contributed by atoms with van der Waals surface area (Å²) >= 11 is 0. The number of allylic oxidation sites excluding steroid dienone is 10. The Morgan fingerprint density at radius 2 is 1.25 bits per heavy atom. The molecule has 0 amide bonds. The van der Waals surface area contributed by atoms with Crippen LogP contribution in [-0.4, -0.2) is 86.1 Å². The van der Waals surface area contributed by atoms with Crippen LogP contribution in [0.25, 0.3) is 0 Å². The molecule has 2 N–H and O–H groups in total. The molecule has 0 aliphatic rings. The predicted octanol–water partition coefficient (Wildman–Crippen LogP) is 10.4. The third-order valence-corrected chi connectivity index (χ3v) is 9.28. The number of phosphoric ester groups is 1. The van der Waals surface area contributed by atoms with Crippen LogP contribution in [0.1, 0.15) is 136 Å². The summed E-state index contributed by atoms with van der Waals surface area (Å²) in [5, 5.41) is 9.77. The largest absolute Gasteiger partial charge is 0.472 e. The van der Waals surface area contributed by atoms with E-state index >= 15 is 0 Å². The van der Waals surface area contributed by atoms with Gasteiger partial charge >= 0.3 is 19.8 Å². The first kappa shape index (κ1) is 52.4. The topological polar surface area (TPSA) is 129 Å². The van der Waals surface area contributed by atoms with Crippen LogP contribution in [0.15, 0.2) is 72.9 Å². The quantitative estimate of drug-likeness (QED) is 0.0159. The summed E-state index contributed by atoms with van der Waals surface area (Å²) in [6.07, 6.45) is 40.1. The van der Waals surface area contributed by atoms with Gasteiger partial charge in [0.25, 0.3) is 0 Å². The van der Waals surface area contributed by atoms with Crippen molar-refractivity contribution in [1.82, 2.24) is 0 Å². The first-order valence-corrected chi connectivity index (χ1v) is 22.3.